The molecule has 1 amide bonds. The number of nitrogens with zero attached hydrogens (tertiary/aromatic N) is 4. The highest BCUT2D eigenvalue weighted by molar-refractivity contribution is 6.84. The Kier molecular flexibility index (Phi) is 11.2. The van der Waals surface area contributed by atoms with Crippen molar-refractivity contribution in [3.63, 3.8) is 0 Å². The Morgan fingerprint density at radius 2 is 1.61 bits per heavy atom. The van der Waals surface area contributed by atoms with E-state index in [-0.39, 0.29) is 40.5 Å². The Hall–Kier alpha value is -2.69. The largest absolute Gasteiger partial charge is 0.414 e. The summed E-state index contributed by atoms with van der Waals surface area (Å²) < 4.78 is 42.5. The number of imidazole rings is 1. The molecule has 15 nitrogen and oxygen atoms in total. The van der Waals surface area contributed by atoms with Gasteiger partial charge in [0.15, 0.2) is 29.5 Å². The number of aliphatic hydroxyl groups is 3. The molecule has 17 heteroatoms. The predicted octanol–water partition coefficient (Wildman–Crippen LogP) is 3.76. The first-order chi connectivity index (χ1) is 24.2. The molecule has 0 bridgehead atoms. The summed E-state index contributed by atoms with van der Waals surface area (Å²) in [6, 6.07) is 8.77. The van der Waals surface area contributed by atoms with Crippen LogP contribution in [0.3, 0.4) is 0 Å². The summed E-state index contributed by atoms with van der Waals surface area (Å²) in [5, 5.41) is 34.2. The number of aliphatic hydroxyl groups excluding tert-OH is 3. The van der Waals surface area contributed by atoms with Gasteiger partial charge in [-0.3, -0.25) is 9.36 Å². The average molecular weight is 746 g/mol. The number of carbonyl (C=O) groups excluding carboxylic acids is 1. The second-order valence-electron chi connectivity index (χ2n) is 14.8. The molecule has 3 aliphatic heterocycles. The highest BCUT2D eigenvalue weighted by atomic mass is 28.5. The predicted molar refractivity (Wildman–Crippen MR) is 190 cm³/mol. The number of hydrogen-bond acceptors (Lipinski definition) is 13. The van der Waals surface area contributed by atoms with Crippen LogP contribution in [0.15, 0.2) is 43.0 Å². The number of rotatable bonds is 10. The molecule has 1 aromatic carbocycles. The van der Waals surface area contributed by atoms with Gasteiger partial charge < -0.3 is 47.8 Å². The number of aromatic nitrogens is 4. The first kappa shape index (κ1) is 38.1. The Bertz CT molecular complexity index is 1650. The van der Waals surface area contributed by atoms with E-state index in [9.17, 15) is 20.1 Å². The molecule has 0 saturated carbocycles. The van der Waals surface area contributed by atoms with Crippen LogP contribution in [0.4, 0.5) is 5.82 Å². The van der Waals surface area contributed by atoms with E-state index in [1.54, 1.807) is 28.8 Å². The zero-order chi connectivity index (χ0) is 36.8. The summed E-state index contributed by atoms with van der Waals surface area (Å²) in [5.41, 5.74) is 1.37. The van der Waals surface area contributed by atoms with Crippen LogP contribution >= 0.6 is 0 Å². The van der Waals surface area contributed by atoms with Gasteiger partial charge in [0.2, 0.25) is 0 Å². The van der Waals surface area contributed by atoms with E-state index < -0.39 is 72.9 Å². The van der Waals surface area contributed by atoms with Crippen molar-refractivity contribution in [2.24, 2.45) is 0 Å². The molecule has 6 rings (SSSR count). The molecule has 0 spiro atoms. The molecular weight excluding hydrogens is 695 g/mol. The van der Waals surface area contributed by atoms with Gasteiger partial charge in [0.05, 0.1) is 19.5 Å². The number of hydrogen-bond donors (Lipinski definition) is 4. The molecule has 3 fully saturated rings. The minimum absolute atomic E-state index is 0.00966. The lowest BCUT2D eigenvalue weighted by Gasteiger charge is -2.51. The Morgan fingerprint density at radius 1 is 0.941 bits per heavy atom. The summed E-state index contributed by atoms with van der Waals surface area (Å²) in [6.45, 7) is 16.7. The molecule has 3 saturated heterocycles. The fourth-order valence-corrected chi connectivity index (χ4v) is 18.7. The van der Waals surface area contributed by atoms with Gasteiger partial charge in [-0.2, -0.15) is 0 Å². The van der Waals surface area contributed by atoms with Crippen LogP contribution < -0.4 is 5.32 Å². The van der Waals surface area contributed by atoms with E-state index in [0.717, 1.165) is 0 Å². The molecule has 4 N–H and O–H groups in total. The monoisotopic (exact) mass is 745 g/mol. The fourth-order valence-electron chi connectivity index (χ4n) is 7.52. The van der Waals surface area contributed by atoms with Gasteiger partial charge in [0, 0.05) is 5.56 Å². The SMILES string of the molecule is CC(C)[Si]1(C(C)C)OC[C@H]2O[C@@H](n3cnc4c(NC(=O)c5ccccc5)ncnc43)[C@H](O[C@H]3O[C@H](CO)[C@@H](O)[C@@H]3O)[C@@H]2O[Si](C(C)C)(C(C)C)O1. The van der Waals surface area contributed by atoms with E-state index in [0.29, 0.717) is 16.7 Å². The van der Waals surface area contributed by atoms with Crippen LogP contribution in [0.1, 0.15) is 72.0 Å². The minimum Gasteiger partial charge on any atom is -0.414 e. The number of benzene rings is 1. The summed E-state index contributed by atoms with van der Waals surface area (Å²) in [5.74, 6) is -0.148. The zero-order valence-corrected chi connectivity index (χ0v) is 32.4. The smallest absolute Gasteiger partial charge is 0.335 e. The van der Waals surface area contributed by atoms with Gasteiger partial charge in [-0.15, -0.1) is 0 Å². The standard InChI is InChI=1S/C34H51N5O10Si2/c1-18(2)50(19(3)4)44-15-24-28(48-51(49-50,20(5)6)21(7)8)29(47-34-27(42)26(41)23(14-40)46-34)33(45-24)39-17-37-25-30(35-16-36-31(25)39)38-32(43)22-12-10-9-11-13-22/h9-13,16-21,23-24,26-29,33-34,40-42H,14-15H2,1-8H3,(H,35,36,38,43)/t23-,24-,26-,27+,28-,29-,33-,34-/m1/s1. The zero-order valence-electron chi connectivity index (χ0n) is 30.4. The summed E-state index contributed by atoms with van der Waals surface area (Å²) >= 11 is 0. The van der Waals surface area contributed by atoms with Crippen molar-refractivity contribution in [2.45, 2.75) is 127 Å². The van der Waals surface area contributed by atoms with Crippen LogP contribution in [0.25, 0.3) is 11.2 Å². The van der Waals surface area contributed by atoms with E-state index >= 15 is 0 Å². The van der Waals surface area contributed by atoms with Crippen molar-refractivity contribution in [1.82, 2.24) is 19.5 Å². The van der Waals surface area contributed by atoms with Crippen LogP contribution in [0.2, 0.25) is 22.2 Å². The summed E-state index contributed by atoms with van der Waals surface area (Å²) in [4.78, 5) is 26.5. The lowest BCUT2D eigenvalue weighted by Crippen LogP contribution is -2.66. The third-order valence-electron chi connectivity index (χ3n) is 10.3. The number of nitrogens with one attached hydrogen (secondary N) is 1. The Labute approximate surface area is 300 Å². The number of ether oxygens (including phenoxy) is 3. The number of fused-ring (bicyclic) bond motifs is 2. The number of amides is 1. The van der Waals surface area contributed by atoms with Gasteiger partial charge in [0.25, 0.3) is 5.91 Å². The molecule has 3 aliphatic rings. The average Bonchev–Trinajstić information content (AvgIpc) is 3.75. The first-order valence-corrected chi connectivity index (χ1v) is 21.7. The lowest BCUT2D eigenvalue weighted by atomic mass is 10.1. The molecule has 280 valence electrons. The van der Waals surface area contributed by atoms with Crippen molar-refractivity contribution < 1.29 is 47.3 Å². The molecule has 0 radical (unpaired) electrons. The summed E-state index contributed by atoms with van der Waals surface area (Å²) in [6.07, 6.45) is -5.65. The third kappa shape index (κ3) is 6.82. The normalized spacial score (nSPS) is 30.6. The molecule has 51 heavy (non-hydrogen) atoms. The van der Waals surface area contributed by atoms with E-state index in [2.05, 4.69) is 75.7 Å². The number of carbonyl (C=O) groups is 1. The van der Waals surface area contributed by atoms with Gasteiger partial charge in [-0.25, -0.2) is 15.0 Å². The van der Waals surface area contributed by atoms with E-state index in [1.165, 1.54) is 12.7 Å². The molecule has 0 aliphatic carbocycles. The van der Waals surface area contributed by atoms with Crippen LogP contribution in [-0.2, 0) is 27.2 Å². The van der Waals surface area contributed by atoms with Crippen LogP contribution in [-0.4, -0.2) is 114 Å². The van der Waals surface area contributed by atoms with Crippen molar-refractivity contribution in [3.8, 4) is 0 Å². The fraction of sp³-hybridized carbons (Fsp3) is 0.647. The quantitative estimate of drug-likeness (QED) is 0.220. The van der Waals surface area contributed by atoms with Gasteiger partial charge in [-0.05, 0) is 34.3 Å². The van der Waals surface area contributed by atoms with E-state index in [1.807, 2.05) is 6.07 Å². The lowest BCUT2D eigenvalue weighted by molar-refractivity contribution is -0.219. The van der Waals surface area contributed by atoms with Gasteiger partial charge in [-0.1, -0.05) is 73.6 Å². The number of anilines is 1. The maximum absolute atomic E-state index is 13.1. The highest BCUT2D eigenvalue weighted by Gasteiger charge is 2.63. The minimum atomic E-state index is -3.16. The van der Waals surface area contributed by atoms with Crippen molar-refractivity contribution in [1.29, 1.82) is 0 Å². The maximum Gasteiger partial charge on any atom is 0.335 e. The molecule has 8 atom stereocenters. The molecule has 3 aromatic rings. The highest BCUT2D eigenvalue weighted by Crippen LogP contribution is 2.49. The Balaban J connectivity index is 1.43. The van der Waals surface area contributed by atoms with Crippen molar-refractivity contribution >= 4 is 40.0 Å². The summed E-state index contributed by atoms with van der Waals surface area (Å²) in [7, 11) is -6.06. The topological polar surface area (TPSA) is 189 Å². The van der Waals surface area contributed by atoms with Gasteiger partial charge >= 0.3 is 17.1 Å². The third-order valence-corrected chi connectivity index (χ3v) is 20.6. The van der Waals surface area contributed by atoms with Gasteiger partial charge in [0.1, 0.15) is 43.0 Å². The molecule has 0 unspecified atom stereocenters. The maximum atomic E-state index is 13.1. The molecule has 5 heterocycles. The first-order valence-electron chi connectivity index (χ1n) is 17.7. The molecular formula is C34H51N5O10Si2. The molecule has 2 aromatic heterocycles. The van der Waals surface area contributed by atoms with Crippen LogP contribution in [0, 0.1) is 0 Å². The van der Waals surface area contributed by atoms with Crippen molar-refractivity contribution in [2.75, 3.05) is 18.5 Å². The second kappa shape index (κ2) is 15.0. The second-order valence-corrected chi connectivity index (χ2v) is 23.6. The van der Waals surface area contributed by atoms with Crippen LogP contribution in [0.5, 0.6) is 0 Å². The van der Waals surface area contributed by atoms with E-state index in [4.69, 9.17) is 27.2 Å². The Morgan fingerprint density at radius 3 is 2.22 bits per heavy atom. The van der Waals surface area contributed by atoms with Crippen molar-refractivity contribution in [3.05, 3.63) is 48.5 Å².